The Hall–Kier alpha value is -0.900. The van der Waals surface area contributed by atoms with Crippen molar-refractivity contribution in [3.05, 3.63) is 28.5 Å². The minimum Gasteiger partial charge on any atom is -0.351 e. The van der Waals surface area contributed by atoms with Crippen molar-refractivity contribution in [2.75, 3.05) is 6.54 Å². The van der Waals surface area contributed by atoms with Crippen LogP contribution in [0.15, 0.2) is 22.9 Å². The number of pyridine rings is 1. The third-order valence-corrected chi connectivity index (χ3v) is 6.21. The predicted molar refractivity (Wildman–Crippen MR) is 84.9 cm³/mol. The highest BCUT2D eigenvalue weighted by Crippen LogP contribution is 2.59. The third-order valence-electron chi connectivity index (χ3n) is 5.78. The largest absolute Gasteiger partial charge is 0.351 e. The van der Waals surface area contributed by atoms with Gasteiger partial charge in [-0.15, -0.1) is 0 Å². The first-order valence-corrected chi connectivity index (χ1v) is 8.81. The van der Waals surface area contributed by atoms with Gasteiger partial charge in [0.1, 0.15) is 4.60 Å². The van der Waals surface area contributed by atoms with Crippen LogP contribution < -0.4 is 5.32 Å². The van der Waals surface area contributed by atoms with Gasteiger partial charge in [0.05, 0.1) is 0 Å². The van der Waals surface area contributed by atoms with Crippen LogP contribution in [0.3, 0.4) is 0 Å². The molecule has 1 N–H and O–H groups in total. The second-order valence-corrected chi connectivity index (χ2v) is 8.28. The zero-order valence-electron chi connectivity index (χ0n) is 12.1. The summed E-state index contributed by atoms with van der Waals surface area (Å²) in [7, 11) is 0. The topological polar surface area (TPSA) is 42.0 Å². The number of nitrogens with zero attached hydrogens (tertiary/aromatic N) is 1. The van der Waals surface area contributed by atoms with Crippen molar-refractivity contribution < 1.29 is 4.79 Å². The van der Waals surface area contributed by atoms with E-state index in [9.17, 15) is 4.79 Å². The lowest BCUT2D eigenvalue weighted by molar-refractivity contribution is -0.0503. The summed E-state index contributed by atoms with van der Waals surface area (Å²) in [5.41, 5.74) is 1.09. The molecule has 0 spiro atoms. The quantitative estimate of drug-likeness (QED) is 0.844. The number of rotatable bonds is 3. The van der Waals surface area contributed by atoms with Gasteiger partial charge >= 0.3 is 0 Å². The smallest absolute Gasteiger partial charge is 0.251 e. The number of aromatic nitrogens is 1. The molecule has 112 valence electrons. The molecule has 1 amide bonds. The summed E-state index contributed by atoms with van der Waals surface area (Å²) < 4.78 is 0.713. The van der Waals surface area contributed by atoms with Crippen molar-refractivity contribution in [3.8, 4) is 0 Å². The molecule has 4 fully saturated rings. The van der Waals surface area contributed by atoms with E-state index >= 15 is 0 Å². The highest BCUT2D eigenvalue weighted by molar-refractivity contribution is 9.10. The van der Waals surface area contributed by atoms with Crippen LogP contribution in [-0.2, 0) is 0 Å². The Labute approximate surface area is 134 Å². The van der Waals surface area contributed by atoms with Crippen molar-refractivity contribution >= 4 is 21.8 Å². The molecule has 0 saturated heterocycles. The molecular weight excluding hydrogens is 328 g/mol. The van der Waals surface area contributed by atoms with E-state index in [0.717, 1.165) is 24.3 Å². The molecule has 0 unspecified atom stereocenters. The van der Waals surface area contributed by atoms with Gasteiger partial charge in [-0.3, -0.25) is 4.79 Å². The molecular formula is C17H21BrN2O. The van der Waals surface area contributed by atoms with Crippen LogP contribution in [0.25, 0.3) is 0 Å². The summed E-state index contributed by atoms with van der Waals surface area (Å²) in [4.78, 5) is 16.4. The second-order valence-electron chi connectivity index (χ2n) is 7.47. The van der Waals surface area contributed by atoms with E-state index in [4.69, 9.17) is 0 Å². The molecule has 4 aliphatic carbocycles. The maximum absolute atomic E-state index is 12.3. The monoisotopic (exact) mass is 348 g/mol. The van der Waals surface area contributed by atoms with Gasteiger partial charge in [-0.05, 0) is 89.8 Å². The average Bonchev–Trinajstić information content (AvgIpc) is 2.43. The number of carbonyl (C=O) groups is 1. The fourth-order valence-corrected chi connectivity index (χ4v) is 5.78. The lowest BCUT2D eigenvalue weighted by Crippen LogP contribution is -2.51. The molecule has 0 aromatic carbocycles. The van der Waals surface area contributed by atoms with Crippen LogP contribution in [0.5, 0.6) is 0 Å². The molecule has 4 bridgehead atoms. The number of nitrogens with one attached hydrogen (secondary N) is 1. The van der Waals surface area contributed by atoms with E-state index in [1.54, 1.807) is 18.3 Å². The molecule has 1 aromatic rings. The van der Waals surface area contributed by atoms with Crippen LogP contribution in [0, 0.1) is 23.2 Å². The summed E-state index contributed by atoms with van der Waals surface area (Å²) in [6.45, 7) is 0.856. The van der Waals surface area contributed by atoms with Crippen molar-refractivity contribution in [2.45, 2.75) is 38.5 Å². The van der Waals surface area contributed by atoms with Crippen LogP contribution in [-0.4, -0.2) is 17.4 Å². The van der Waals surface area contributed by atoms with Crippen LogP contribution in [0.1, 0.15) is 48.9 Å². The van der Waals surface area contributed by atoms with E-state index in [-0.39, 0.29) is 5.91 Å². The van der Waals surface area contributed by atoms with E-state index in [0.29, 0.717) is 15.6 Å². The van der Waals surface area contributed by atoms with E-state index in [1.165, 1.54) is 38.5 Å². The Bertz CT molecular complexity index is 536. The van der Waals surface area contributed by atoms with Gasteiger partial charge < -0.3 is 5.32 Å². The third kappa shape index (κ3) is 2.63. The molecule has 1 aromatic heterocycles. The molecule has 1 heterocycles. The summed E-state index contributed by atoms with van der Waals surface area (Å²) in [5.74, 6) is 2.84. The molecule has 21 heavy (non-hydrogen) atoms. The van der Waals surface area contributed by atoms with Gasteiger partial charge in [-0.2, -0.15) is 0 Å². The number of amides is 1. The Morgan fingerprint density at radius 3 is 2.43 bits per heavy atom. The Morgan fingerprint density at radius 2 is 1.86 bits per heavy atom. The van der Waals surface area contributed by atoms with Gasteiger partial charge in [0.15, 0.2) is 0 Å². The van der Waals surface area contributed by atoms with Gasteiger partial charge in [0, 0.05) is 18.3 Å². The highest BCUT2D eigenvalue weighted by Gasteiger charge is 2.50. The second kappa shape index (κ2) is 5.08. The van der Waals surface area contributed by atoms with Crippen molar-refractivity contribution in [3.63, 3.8) is 0 Å². The van der Waals surface area contributed by atoms with Gasteiger partial charge in [-0.25, -0.2) is 4.98 Å². The zero-order valence-corrected chi connectivity index (χ0v) is 13.7. The summed E-state index contributed by atoms with van der Waals surface area (Å²) in [5, 5.41) is 3.20. The van der Waals surface area contributed by atoms with Crippen molar-refractivity contribution in [1.82, 2.24) is 10.3 Å². The maximum Gasteiger partial charge on any atom is 0.251 e. The van der Waals surface area contributed by atoms with E-state index in [2.05, 4.69) is 26.2 Å². The number of hydrogen-bond acceptors (Lipinski definition) is 2. The van der Waals surface area contributed by atoms with Crippen LogP contribution >= 0.6 is 15.9 Å². The summed E-state index contributed by atoms with van der Waals surface area (Å²) in [6.07, 6.45) is 10.0. The first kappa shape index (κ1) is 13.7. The molecule has 0 atom stereocenters. The zero-order chi connectivity index (χ0) is 14.4. The Balaban J connectivity index is 1.44. The molecule has 5 rings (SSSR count). The summed E-state index contributed by atoms with van der Waals surface area (Å²) >= 11 is 3.32. The van der Waals surface area contributed by atoms with Gasteiger partial charge in [0.2, 0.25) is 0 Å². The van der Waals surface area contributed by atoms with Crippen molar-refractivity contribution in [1.29, 1.82) is 0 Å². The lowest BCUT2D eigenvalue weighted by Gasteiger charge is -2.56. The number of halogens is 1. The number of carbonyl (C=O) groups excluding carboxylic acids is 1. The fraction of sp³-hybridized carbons (Fsp3) is 0.647. The van der Waals surface area contributed by atoms with Gasteiger partial charge in [0.25, 0.3) is 5.91 Å². The number of hydrogen-bond donors (Lipinski definition) is 1. The molecule has 0 radical (unpaired) electrons. The Morgan fingerprint density at radius 1 is 1.24 bits per heavy atom. The summed E-state index contributed by atoms with van der Waals surface area (Å²) in [6, 6.07) is 3.56. The van der Waals surface area contributed by atoms with Crippen molar-refractivity contribution in [2.24, 2.45) is 23.2 Å². The molecule has 0 aliphatic heterocycles. The average molecular weight is 349 g/mol. The first-order chi connectivity index (χ1) is 10.1. The molecule has 4 aliphatic rings. The minimum atomic E-state index is 0.0360. The normalized spacial score (nSPS) is 36.7. The van der Waals surface area contributed by atoms with Crippen LogP contribution in [0.4, 0.5) is 0 Å². The molecule has 4 heteroatoms. The first-order valence-electron chi connectivity index (χ1n) is 8.02. The van der Waals surface area contributed by atoms with Gasteiger partial charge in [-0.1, -0.05) is 0 Å². The molecule has 3 nitrogen and oxygen atoms in total. The fourth-order valence-electron chi connectivity index (χ4n) is 5.42. The van der Waals surface area contributed by atoms with E-state index in [1.807, 2.05) is 0 Å². The SMILES string of the molecule is O=C(NCC12CC3CC(CC(C3)C1)C2)c1ccnc(Br)c1. The minimum absolute atomic E-state index is 0.0360. The lowest BCUT2D eigenvalue weighted by atomic mass is 9.49. The maximum atomic E-state index is 12.3. The predicted octanol–water partition coefficient (Wildman–Crippen LogP) is 3.79. The van der Waals surface area contributed by atoms with E-state index < -0.39 is 0 Å². The van der Waals surface area contributed by atoms with Crippen LogP contribution in [0.2, 0.25) is 0 Å². The molecule has 4 saturated carbocycles. The highest BCUT2D eigenvalue weighted by atomic mass is 79.9. The standard InChI is InChI=1S/C17H21BrN2O/c18-15-6-14(1-2-19-15)16(21)20-10-17-7-11-3-12(8-17)5-13(4-11)9-17/h1-2,6,11-13H,3-5,7-10H2,(H,20,21). The Kier molecular flexibility index (Phi) is 3.32.